The van der Waals surface area contributed by atoms with Crippen LogP contribution in [0.4, 0.5) is 5.69 Å². The van der Waals surface area contributed by atoms with E-state index in [0.717, 1.165) is 11.1 Å². The molecule has 0 aliphatic heterocycles. The minimum atomic E-state index is -0.313. The molecule has 2 heterocycles. The van der Waals surface area contributed by atoms with E-state index in [1.807, 2.05) is 12.1 Å². The molecule has 1 amide bonds. The first-order valence-corrected chi connectivity index (χ1v) is 6.02. The average molecular weight is 257 g/mol. The van der Waals surface area contributed by atoms with E-state index in [1.54, 1.807) is 38.5 Å². The molecule has 2 aromatic heterocycles. The van der Waals surface area contributed by atoms with Gasteiger partial charge < -0.3 is 10.3 Å². The summed E-state index contributed by atoms with van der Waals surface area (Å²) in [6, 6.07) is 5.33. The van der Waals surface area contributed by atoms with E-state index in [2.05, 4.69) is 15.3 Å². The summed E-state index contributed by atoms with van der Waals surface area (Å²) in [5.74, 6) is -0.360. The minimum Gasteiger partial charge on any atom is -0.327 e. The van der Waals surface area contributed by atoms with Gasteiger partial charge in [-0.25, -0.2) is 0 Å². The number of carbonyl (C=O) groups is 1. The number of H-pyrrole nitrogens is 1. The van der Waals surface area contributed by atoms with E-state index in [9.17, 15) is 9.59 Å². The molecule has 0 fully saturated rings. The van der Waals surface area contributed by atoms with Crippen LogP contribution in [0.3, 0.4) is 0 Å². The lowest BCUT2D eigenvalue weighted by Crippen LogP contribution is -2.23. The van der Waals surface area contributed by atoms with E-state index >= 15 is 0 Å². The van der Waals surface area contributed by atoms with Crippen molar-refractivity contribution in [3.05, 3.63) is 47.1 Å². The van der Waals surface area contributed by atoms with Gasteiger partial charge >= 0.3 is 0 Å². The van der Waals surface area contributed by atoms with Gasteiger partial charge in [-0.05, 0) is 23.8 Å². The number of nitrogens with zero attached hydrogens (tertiary/aromatic N) is 1. The Hall–Kier alpha value is -2.43. The third-order valence-corrected chi connectivity index (χ3v) is 2.70. The van der Waals surface area contributed by atoms with Gasteiger partial charge in [0.1, 0.15) is 5.69 Å². The first-order valence-electron chi connectivity index (χ1n) is 6.02. The maximum atomic E-state index is 11.7. The Labute approximate surface area is 110 Å². The van der Waals surface area contributed by atoms with Gasteiger partial charge in [-0.3, -0.25) is 14.6 Å². The van der Waals surface area contributed by atoms with Crippen molar-refractivity contribution >= 4 is 11.6 Å². The number of carbonyl (C=O) groups excluding carboxylic acids is 1. The van der Waals surface area contributed by atoms with Gasteiger partial charge in [-0.1, -0.05) is 13.8 Å². The standard InChI is InChI=1S/C14H15N3O2/c1-9(2)13(18)17-12-7-11(8-16-14(12)19)10-3-5-15-6-4-10/h3-9H,1-2H3,(H,16,19)(H,17,18). The highest BCUT2D eigenvalue weighted by Crippen LogP contribution is 2.18. The van der Waals surface area contributed by atoms with Gasteiger partial charge in [-0.2, -0.15) is 0 Å². The Kier molecular flexibility index (Phi) is 3.75. The van der Waals surface area contributed by atoms with Crippen molar-refractivity contribution in [1.82, 2.24) is 9.97 Å². The van der Waals surface area contributed by atoms with Crippen molar-refractivity contribution in [2.24, 2.45) is 5.92 Å². The first kappa shape index (κ1) is 13.0. The summed E-state index contributed by atoms with van der Waals surface area (Å²) in [7, 11) is 0. The number of rotatable bonds is 3. The number of amides is 1. The van der Waals surface area contributed by atoms with Crippen LogP contribution >= 0.6 is 0 Å². The summed E-state index contributed by atoms with van der Waals surface area (Å²) < 4.78 is 0. The molecule has 5 heteroatoms. The SMILES string of the molecule is CC(C)C(=O)Nc1cc(-c2ccncc2)c[nH]c1=O. The third-order valence-electron chi connectivity index (χ3n) is 2.70. The molecule has 98 valence electrons. The second-order valence-electron chi connectivity index (χ2n) is 4.51. The van der Waals surface area contributed by atoms with Crippen LogP contribution in [0.5, 0.6) is 0 Å². The Bertz CT molecular complexity index is 633. The van der Waals surface area contributed by atoms with E-state index in [0.29, 0.717) is 0 Å². The molecule has 2 rings (SSSR count). The largest absolute Gasteiger partial charge is 0.327 e. The van der Waals surface area contributed by atoms with Crippen molar-refractivity contribution < 1.29 is 4.79 Å². The number of aromatic nitrogens is 2. The number of aromatic amines is 1. The summed E-state index contributed by atoms with van der Waals surface area (Å²) in [6.07, 6.45) is 4.96. The van der Waals surface area contributed by atoms with Crippen molar-refractivity contribution in [1.29, 1.82) is 0 Å². The van der Waals surface area contributed by atoms with Gasteiger partial charge in [0, 0.05) is 30.1 Å². The number of hydrogen-bond donors (Lipinski definition) is 2. The van der Waals surface area contributed by atoms with Gasteiger partial charge in [-0.15, -0.1) is 0 Å². The Morgan fingerprint density at radius 3 is 2.58 bits per heavy atom. The zero-order valence-corrected chi connectivity index (χ0v) is 10.8. The summed E-state index contributed by atoms with van der Waals surface area (Å²) in [6.45, 7) is 3.55. The van der Waals surface area contributed by atoms with Crippen LogP contribution in [-0.2, 0) is 4.79 Å². The summed E-state index contributed by atoms with van der Waals surface area (Å²) in [4.78, 5) is 29.9. The minimum absolute atomic E-state index is 0.177. The predicted octanol–water partition coefficient (Wildman–Crippen LogP) is 2.03. The van der Waals surface area contributed by atoms with Crippen LogP contribution in [0.25, 0.3) is 11.1 Å². The van der Waals surface area contributed by atoms with Gasteiger partial charge in [0.05, 0.1) is 0 Å². The van der Waals surface area contributed by atoms with E-state index in [1.165, 1.54) is 0 Å². The molecule has 0 spiro atoms. The predicted molar refractivity (Wildman–Crippen MR) is 73.8 cm³/mol. The lowest BCUT2D eigenvalue weighted by Gasteiger charge is -2.08. The molecular formula is C14H15N3O2. The van der Waals surface area contributed by atoms with Gasteiger partial charge in [0.25, 0.3) is 5.56 Å². The molecule has 0 bridgehead atoms. The highest BCUT2D eigenvalue weighted by molar-refractivity contribution is 5.92. The van der Waals surface area contributed by atoms with Crippen LogP contribution in [0.2, 0.25) is 0 Å². The van der Waals surface area contributed by atoms with E-state index in [4.69, 9.17) is 0 Å². The fraction of sp³-hybridized carbons (Fsp3) is 0.214. The second-order valence-corrected chi connectivity index (χ2v) is 4.51. The quantitative estimate of drug-likeness (QED) is 0.883. The topological polar surface area (TPSA) is 74.8 Å². The number of anilines is 1. The second kappa shape index (κ2) is 5.48. The highest BCUT2D eigenvalue weighted by Gasteiger charge is 2.10. The zero-order valence-electron chi connectivity index (χ0n) is 10.8. The molecule has 0 aliphatic carbocycles. The van der Waals surface area contributed by atoms with Crippen LogP contribution in [0.1, 0.15) is 13.8 Å². The molecule has 0 radical (unpaired) electrons. The summed E-state index contributed by atoms with van der Waals surface area (Å²) in [5, 5.41) is 2.62. The van der Waals surface area contributed by atoms with E-state index < -0.39 is 0 Å². The smallest absolute Gasteiger partial charge is 0.271 e. The molecule has 0 aromatic carbocycles. The monoisotopic (exact) mass is 257 g/mol. The highest BCUT2D eigenvalue weighted by atomic mass is 16.2. The number of pyridine rings is 2. The lowest BCUT2D eigenvalue weighted by atomic mass is 10.1. The van der Waals surface area contributed by atoms with Crippen LogP contribution < -0.4 is 10.9 Å². The maximum absolute atomic E-state index is 11.7. The Morgan fingerprint density at radius 1 is 1.26 bits per heavy atom. The molecule has 0 aliphatic rings. The van der Waals surface area contributed by atoms with Crippen molar-refractivity contribution in [2.45, 2.75) is 13.8 Å². The molecular weight excluding hydrogens is 242 g/mol. The maximum Gasteiger partial charge on any atom is 0.271 e. The van der Waals surface area contributed by atoms with Crippen LogP contribution in [0.15, 0.2) is 41.6 Å². The normalized spacial score (nSPS) is 10.5. The molecule has 5 nitrogen and oxygen atoms in total. The molecule has 0 unspecified atom stereocenters. The summed E-state index contributed by atoms with van der Waals surface area (Å²) in [5.41, 5.74) is 1.69. The number of hydrogen-bond acceptors (Lipinski definition) is 3. The Morgan fingerprint density at radius 2 is 1.95 bits per heavy atom. The summed E-state index contributed by atoms with van der Waals surface area (Å²) >= 11 is 0. The third kappa shape index (κ3) is 3.07. The molecule has 2 N–H and O–H groups in total. The van der Waals surface area contributed by atoms with E-state index in [-0.39, 0.29) is 23.1 Å². The molecule has 19 heavy (non-hydrogen) atoms. The van der Waals surface area contributed by atoms with Crippen molar-refractivity contribution in [3.8, 4) is 11.1 Å². The molecule has 0 atom stereocenters. The fourth-order valence-corrected chi connectivity index (χ4v) is 1.56. The zero-order chi connectivity index (χ0) is 13.8. The molecule has 0 saturated carbocycles. The van der Waals surface area contributed by atoms with Gasteiger partial charge in [0.15, 0.2) is 0 Å². The van der Waals surface area contributed by atoms with Crippen molar-refractivity contribution in [2.75, 3.05) is 5.32 Å². The number of nitrogens with one attached hydrogen (secondary N) is 2. The fourth-order valence-electron chi connectivity index (χ4n) is 1.56. The lowest BCUT2D eigenvalue weighted by molar-refractivity contribution is -0.118. The van der Waals surface area contributed by atoms with Crippen LogP contribution in [0, 0.1) is 5.92 Å². The van der Waals surface area contributed by atoms with Gasteiger partial charge in [0.2, 0.25) is 5.91 Å². The molecule has 2 aromatic rings. The first-order chi connectivity index (χ1) is 9.08. The molecule has 0 saturated heterocycles. The Balaban J connectivity index is 2.35. The average Bonchev–Trinajstić information content (AvgIpc) is 2.42. The van der Waals surface area contributed by atoms with Crippen molar-refractivity contribution in [3.63, 3.8) is 0 Å². The van der Waals surface area contributed by atoms with Crippen LogP contribution in [-0.4, -0.2) is 15.9 Å².